The molecule has 1 aromatic carbocycles. The van der Waals surface area contributed by atoms with Crippen LogP contribution in [0.25, 0.3) is 0 Å². The Balaban J connectivity index is 1.80. The molecule has 0 radical (unpaired) electrons. The Morgan fingerprint density at radius 1 is 1.09 bits per heavy atom. The van der Waals surface area contributed by atoms with Gasteiger partial charge in [0.2, 0.25) is 11.8 Å². The third kappa shape index (κ3) is 6.15. The van der Waals surface area contributed by atoms with Gasteiger partial charge in [-0.05, 0) is 70.4 Å². The molecule has 3 rings (SSSR count). The lowest BCUT2D eigenvalue weighted by atomic mass is 9.82. The molecule has 2 heterocycles. The molecule has 1 aromatic rings. The maximum atomic E-state index is 14.4. The van der Waals surface area contributed by atoms with Crippen molar-refractivity contribution in [1.29, 1.82) is 0 Å². The summed E-state index contributed by atoms with van der Waals surface area (Å²) in [6.07, 6.45) is 2.93. The lowest BCUT2D eigenvalue weighted by Gasteiger charge is -2.42. The predicted octanol–water partition coefficient (Wildman–Crippen LogP) is 2.97. The molecule has 2 aliphatic heterocycles. The number of benzene rings is 1. The number of carbonyl (C=O) groups excluding carboxylic acids is 2. The van der Waals surface area contributed by atoms with Gasteiger partial charge in [0.1, 0.15) is 5.82 Å². The molecule has 2 N–H and O–H groups in total. The van der Waals surface area contributed by atoms with Gasteiger partial charge in [0.15, 0.2) is 11.6 Å². The van der Waals surface area contributed by atoms with Crippen molar-refractivity contribution < 1.29 is 27.0 Å². The first-order valence-electron chi connectivity index (χ1n) is 11.2. The van der Waals surface area contributed by atoms with Crippen LogP contribution in [0, 0.1) is 23.4 Å². The van der Waals surface area contributed by atoms with Crippen LogP contribution in [0.5, 0.6) is 0 Å². The number of nitrogens with zero attached hydrogens (tertiary/aromatic N) is 1. The summed E-state index contributed by atoms with van der Waals surface area (Å²) in [7, 11) is -1.46. The standard InChI is InChI=1S/C23H32F3N3O3S/c1-13(30)27-12-22(31)29-16-5-6-17(29)8-15(7-16)21(28-33(32)23(2,3)4)10-14-9-19(25)20(26)11-18(14)24/h9,11,15-17,21,28H,5-8,10,12H2,1-4H3,(H,27,30)/t15?,16-,17+,21-,33-/m0/s1. The van der Waals surface area contributed by atoms with E-state index in [-0.39, 0.29) is 48.3 Å². The van der Waals surface area contributed by atoms with Gasteiger partial charge in [-0.2, -0.15) is 0 Å². The van der Waals surface area contributed by atoms with E-state index in [0.29, 0.717) is 18.9 Å². The normalized spacial score (nSPS) is 24.5. The number of amides is 2. The Morgan fingerprint density at radius 3 is 2.21 bits per heavy atom. The number of rotatable bonds is 7. The molecule has 10 heteroatoms. The average Bonchev–Trinajstić information content (AvgIpc) is 2.98. The van der Waals surface area contributed by atoms with E-state index in [4.69, 9.17) is 0 Å². The highest BCUT2D eigenvalue weighted by Crippen LogP contribution is 2.41. The number of halogens is 3. The van der Waals surface area contributed by atoms with E-state index in [1.54, 1.807) is 0 Å². The van der Waals surface area contributed by atoms with Crippen LogP contribution >= 0.6 is 0 Å². The van der Waals surface area contributed by atoms with Gasteiger partial charge < -0.3 is 10.2 Å². The minimum atomic E-state index is -1.46. The minimum absolute atomic E-state index is 0.0221. The average molecular weight is 488 g/mol. The molecule has 2 saturated heterocycles. The van der Waals surface area contributed by atoms with Gasteiger partial charge in [0.05, 0.1) is 22.3 Å². The van der Waals surface area contributed by atoms with Crippen LogP contribution in [0.3, 0.4) is 0 Å². The van der Waals surface area contributed by atoms with Crippen LogP contribution in [-0.2, 0) is 27.0 Å². The molecule has 0 aromatic heterocycles. The van der Waals surface area contributed by atoms with E-state index in [1.807, 2.05) is 25.7 Å². The Bertz CT molecular complexity index is 924. The number of hydrogen-bond donors (Lipinski definition) is 2. The van der Waals surface area contributed by atoms with Crippen molar-refractivity contribution in [3.05, 3.63) is 35.1 Å². The zero-order valence-corrected chi connectivity index (χ0v) is 20.2. The summed E-state index contributed by atoms with van der Waals surface area (Å²) in [5.41, 5.74) is 0.0221. The van der Waals surface area contributed by atoms with Gasteiger partial charge >= 0.3 is 0 Å². The molecule has 2 fully saturated rings. The Morgan fingerprint density at radius 2 is 1.67 bits per heavy atom. The summed E-state index contributed by atoms with van der Waals surface area (Å²) in [6, 6.07) is 0.893. The molecular weight excluding hydrogens is 455 g/mol. The van der Waals surface area contributed by atoms with E-state index in [1.165, 1.54) is 6.92 Å². The molecule has 0 saturated carbocycles. The highest BCUT2D eigenvalue weighted by molar-refractivity contribution is 7.84. The first-order valence-corrected chi connectivity index (χ1v) is 12.4. The topological polar surface area (TPSA) is 78.5 Å². The molecule has 2 aliphatic rings. The van der Waals surface area contributed by atoms with Gasteiger partial charge in [-0.25, -0.2) is 22.1 Å². The number of fused-ring (bicyclic) bond motifs is 2. The second-order valence-electron chi connectivity index (χ2n) is 9.99. The molecule has 2 bridgehead atoms. The molecule has 2 amide bonds. The van der Waals surface area contributed by atoms with Crippen molar-refractivity contribution in [2.75, 3.05) is 6.54 Å². The second-order valence-corrected chi connectivity index (χ2v) is 12.0. The molecule has 1 unspecified atom stereocenters. The fourth-order valence-corrected chi connectivity index (χ4v) is 5.73. The van der Waals surface area contributed by atoms with Crippen molar-refractivity contribution in [2.45, 2.75) is 82.7 Å². The van der Waals surface area contributed by atoms with Crippen LogP contribution in [0.2, 0.25) is 0 Å². The molecule has 6 nitrogen and oxygen atoms in total. The largest absolute Gasteiger partial charge is 0.347 e. The lowest BCUT2D eigenvalue weighted by Crippen LogP contribution is -2.54. The van der Waals surface area contributed by atoms with Crippen molar-refractivity contribution in [3.63, 3.8) is 0 Å². The summed E-state index contributed by atoms with van der Waals surface area (Å²) in [5, 5.41) is 2.55. The summed E-state index contributed by atoms with van der Waals surface area (Å²) >= 11 is 0. The number of carbonyl (C=O) groups is 2. The van der Waals surface area contributed by atoms with Gasteiger partial charge in [-0.3, -0.25) is 9.59 Å². The number of piperidine rings is 1. The van der Waals surface area contributed by atoms with Gasteiger partial charge in [-0.1, -0.05) is 0 Å². The zero-order chi connectivity index (χ0) is 24.5. The molecular formula is C23H32F3N3O3S. The summed E-state index contributed by atoms with van der Waals surface area (Å²) in [6.45, 7) is 6.76. The maximum absolute atomic E-state index is 14.4. The van der Waals surface area contributed by atoms with E-state index >= 15 is 0 Å². The molecule has 0 spiro atoms. The first kappa shape index (κ1) is 25.7. The second kappa shape index (κ2) is 10.1. The molecule has 184 valence electrons. The summed E-state index contributed by atoms with van der Waals surface area (Å²) in [4.78, 5) is 25.7. The number of nitrogens with one attached hydrogen (secondary N) is 2. The quantitative estimate of drug-likeness (QED) is 0.581. The van der Waals surface area contributed by atoms with Crippen LogP contribution in [-0.4, -0.2) is 50.3 Å². The highest BCUT2D eigenvalue weighted by Gasteiger charge is 2.45. The van der Waals surface area contributed by atoms with Crippen molar-refractivity contribution in [2.24, 2.45) is 5.92 Å². The molecule has 33 heavy (non-hydrogen) atoms. The van der Waals surface area contributed by atoms with E-state index in [9.17, 15) is 27.0 Å². The van der Waals surface area contributed by atoms with Crippen molar-refractivity contribution in [3.8, 4) is 0 Å². The van der Waals surface area contributed by atoms with Gasteiger partial charge in [0, 0.05) is 31.1 Å². The smallest absolute Gasteiger partial charge is 0.242 e. The highest BCUT2D eigenvalue weighted by atomic mass is 32.2. The Kier molecular flexibility index (Phi) is 7.88. The van der Waals surface area contributed by atoms with Crippen LogP contribution < -0.4 is 10.0 Å². The van der Waals surface area contributed by atoms with Crippen LogP contribution in [0.15, 0.2) is 12.1 Å². The summed E-state index contributed by atoms with van der Waals surface area (Å²) < 4.78 is 57.1. The van der Waals surface area contributed by atoms with Crippen molar-refractivity contribution in [1.82, 2.24) is 14.9 Å². The first-order chi connectivity index (χ1) is 15.4. The fraction of sp³-hybridized carbons (Fsp3) is 0.652. The Labute approximate surface area is 195 Å². The van der Waals surface area contributed by atoms with Gasteiger partial charge in [0.25, 0.3) is 0 Å². The zero-order valence-electron chi connectivity index (χ0n) is 19.4. The third-order valence-electron chi connectivity index (χ3n) is 6.46. The SMILES string of the molecule is CC(=O)NCC(=O)N1[C@@H]2CC[C@H]1CC([C@H](Cc1cc(F)c(F)cc1F)N[S@@](=O)C(C)(C)C)C2. The van der Waals surface area contributed by atoms with E-state index < -0.39 is 39.2 Å². The maximum Gasteiger partial charge on any atom is 0.242 e. The van der Waals surface area contributed by atoms with E-state index in [2.05, 4.69) is 10.0 Å². The van der Waals surface area contributed by atoms with Crippen molar-refractivity contribution >= 4 is 22.8 Å². The summed E-state index contributed by atoms with van der Waals surface area (Å²) in [5.74, 6) is -3.65. The van der Waals surface area contributed by atoms with E-state index in [0.717, 1.165) is 18.9 Å². The molecule has 5 atom stereocenters. The third-order valence-corrected chi connectivity index (χ3v) is 8.09. The Hall–Kier alpha value is -1.94. The number of hydrogen-bond acceptors (Lipinski definition) is 3. The van der Waals surface area contributed by atoms with Gasteiger partial charge in [-0.15, -0.1) is 0 Å². The predicted molar refractivity (Wildman–Crippen MR) is 120 cm³/mol. The van der Waals surface area contributed by atoms with Crippen LogP contribution in [0.1, 0.15) is 58.9 Å². The minimum Gasteiger partial charge on any atom is -0.347 e. The fourth-order valence-electron chi connectivity index (χ4n) is 4.82. The molecule has 0 aliphatic carbocycles. The monoisotopic (exact) mass is 487 g/mol. The lowest BCUT2D eigenvalue weighted by molar-refractivity contribution is -0.137. The van der Waals surface area contributed by atoms with Crippen LogP contribution in [0.4, 0.5) is 13.2 Å².